The number of carbonyl (C=O) groups is 2. The first-order valence-electron chi connectivity index (χ1n) is 6.04. The quantitative estimate of drug-likeness (QED) is 0.898. The Morgan fingerprint density at radius 2 is 1.84 bits per heavy atom. The number of thioether (sulfide) groups is 1. The number of hydrogen-bond acceptors (Lipinski definition) is 3. The maximum atomic E-state index is 11.9. The third-order valence-corrected chi connectivity index (χ3v) is 3.36. The maximum Gasteiger partial charge on any atom is 0.243 e. The predicted octanol–water partition coefficient (Wildman–Crippen LogP) is 2.06. The Kier molecular flexibility index (Phi) is 5.89. The Labute approximate surface area is 118 Å². The molecule has 104 valence electrons. The van der Waals surface area contributed by atoms with E-state index in [-0.39, 0.29) is 18.4 Å². The molecule has 4 nitrogen and oxygen atoms in total. The number of carbonyl (C=O) groups excluding carboxylic acids is 2. The van der Waals surface area contributed by atoms with Crippen LogP contribution in [0.15, 0.2) is 18.2 Å². The van der Waals surface area contributed by atoms with Crippen LogP contribution in [0.5, 0.6) is 0 Å². The number of hydrogen-bond donors (Lipinski definition) is 1. The fourth-order valence-corrected chi connectivity index (χ4v) is 2.20. The van der Waals surface area contributed by atoms with Gasteiger partial charge in [-0.05, 0) is 31.2 Å². The van der Waals surface area contributed by atoms with Gasteiger partial charge in [0.25, 0.3) is 0 Å². The molecule has 1 N–H and O–H groups in total. The molecule has 0 atom stereocenters. The van der Waals surface area contributed by atoms with Gasteiger partial charge in [0, 0.05) is 12.7 Å². The summed E-state index contributed by atoms with van der Waals surface area (Å²) in [7, 11) is 1.64. The molecule has 0 aliphatic carbocycles. The maximum absolute atomic E-state index is 11.9. The summed E-state index contributed by atoms with van der Waals surface area (Å²) in [5, 5.41) is 2.87. The largest absolute Gasteiger partial charge is 0.336 e. The number of rotatable bonds is 5. The molecular weight excluding hydrogens is 260 g/mol. The van der Waals surface area contributed by atoms with Crippen LogP contribution >= 0.6 is 11.8 Å². The number of anilines is 1. The second-order valence-corrected chi connectivity index (χ2v) is 5.36. The SMILES string of the molecule is CSCC(=O)N(C)CC(=O)Nc1c(C)cccc1C. The summed E-state index contributed by atoms with van der Waals surface area (Å²) in [6.07, 6.45) is 1.86. The second kappa shape index (κ2) is 7.19. The molecule has 0 spiro atoms. The molecule has 0 aromatic heterocycles. The molecule has 1 rings (SSSR count). The molecule has 5 heteroatoms. The van der Waals surface area contributed by atoms with Crippen LogP contribution in [0.1, 0.15) is 11.1 Å². The molecule has 0 radical (unpaired) electrons. The van der Waals surface area contributed by atoms with Gasteiger partial charge in [0.05, 0.1) is 12.3 Å². The fourth-order valence-electron chi connectivity index (χ4n) is 1.73. The third kappa shape index (κ3) is 4.59. The van der Waals surface area contributed by atoms with Crippen molar-refractivity contribution in [3.05, 3.63) is 29.3 Å². The minimum absolute atomic E-state index is 0.0378. The molecule has 0 heterocycles. The van der Waals surface area contributed by atoms with Gasteiger partial charge in [-0.25, -0.2) is 0 Å². The Balaban J connectivity index is 2.63. The summed E-state index contributed by atoms with van der Waals surface area (Å²) in [5.41, 5.74) is 2.87. The number of nitrogens with zero attached hydrogens (tertiary/aromatic N) is 1. The number of amides is 2. The van der Waals surface area contributed by atoms with Gasteiger partial charge in [-0.15, -0.1) is 0 Å². The second-order valence-electron chi connectivity index (χ2n) is 4.50. The molecule has 2 amide bonds. The summed E-state index contributed by atoms with van der Waals surface area (Å²) < 4.78 is 0. The van der Waals surface area contributed by atoms with Crippen LogP contribution in [0.25, 0.3) is 0 Å². The molecule has 0 aliphatic heterocycles. The minimum atomic E-state index is -0.172. The lowest BCUT2D eigenvalue weighted by molar-refractivity contribution is -0.131. The molecule has 1 aromatic carbocycles. The normalized spacial score (nSPS) is 10.1. The average Bonchev–Trinajstić information content (AvgIpc) is 2.34. The van der Waals surface area contributed by atoms with E-state index in [1.165, 1.54) is 16.7 Å². The zero-order valence-electron chi connectivity index (χ0n) is 11.8. The van der Waals surface area contributed by atoms with E-state index in [4.69, 9.17) is 0 Å². The Morgan fingerprint density at radius 3 is 2.37 bits per heavy atom. The Morgan fingerprint density at radius 1 is 1.26 bits per heavy atom. The van der Waals surface area contributed by atoms with Gasteiger partial charge in [-0.1, -0.05) is 18.2 Å². The molecule has 0 fully saturated rings. The molecular formula is C14H20N2O2S. The summed E-state index contributed by atoms with van der Waals surface area (Å²) in [6.45, 7) is 3.98. The topological polar surface area (TPSA) is 49.4 Å². The highest BCUT2D eigenvalue weighted by Gasteiger charge is 2.13. The predicted molar refractivity (Wildman–Crippen MR) is 80.6 cm³/mol. The molecule has 0 saturated carbocycles. The summed E-state index contributed by atoms with van der Waals surface area (Å²) in [6, 6.07) is 5.85. The van der Waals surface area contributed by atoms with Gasteiger partial charge in [-0.3, -0.25) is 9.59 Å². The van der Waals surface area contributed by atoms with E-state index in [0.717, 1.165) is 16.8 Å². The first kappa shape index (κ1) is 15.6. The van der Waals surface area contributed by atoms with Crippen LogP contribution in [0.2, 0.25) is 0 Å². The van der Waals surface area contributed by atoms with Crippen molar-refractivity contribution in [3.63, 3.8) is 0 Å². The van der Waals surface area contributed by atoms with Crippen molar-refractivity contribution in [1.82, 2.24) is 4.90 Å². The molecule has 0 unspecified atom stereocenters. The standard InChI is InChI=1S/C14H20N2O2S/c1-10-6-5-7-11(2)14(10)15-12(17)8-16(3)13(18)9-19-4/h5-7H,8-9H2,1-4H3,(H,15,17). The van der Waals surface area contributed by atoms with Gasteiger partial charge >= 0.3 is 0 Å². The number of likely N-dealkylation sites (N-methyl/N-ethyl adjacent to an activating group) is 1. The summed E-state index contributed by atoms with van der Waals surface area (Å²) >= 11 is 1.45. The van der Waals surface area contributed by atoms with Crippen LogP contribution in [0.4, 0.5) is 5.69 Å². The highest BCUT2D eigenvalue weighted by atomic mass is 32.2. The summed E-state index contributed by atoms with van der Waals surface area (Å²) in [5.74, 6) is 0.186. The van der Waals surface area contributed by atoms with Crippen molar-refractivity contribution in [1.29, 1.82) is 0 Å². The van der Waals surface area contributed by atoms with E-state index in [9.17, 15) is 9.59 Å². The van der Waals surface area contributed by atoms with Crippen LogP contribution in [-0.4, -0.2) is 42.3 Å². The van der Waals surface area contributed by atoms with E-state index in [1.54, 1.807) is 7.05 Å². The van der Waals surface area contributed by atoms with Crippen molar-refractivity contribution in [2.75, 3.05) is 30.9 Å². The summed E-state index contributed by atoms with van der Waals surface area (Å²) in [4.78, 5) is 25.0. The highest BCUT2D eigenvalue weighted by molar-refractivity contribution is 7.99. The van der Waals surface area contributed by atoms with Gasteiger partial charge in [0.2, 0.25) is 11.8 Å². The lowest BCUT2D eigenvalue weighted by atomic mass is 10.1. The van der Waals surface area contributed by atoms with Crippen molar-refractivity contribution >= 4 is 29.3 Å². The first-order chi connectivity index (χ1) is 8.95. The van der Waals surface area contributed by atoms with Gasteiger partial charge in [0.1, 0.15) is 0 Å². The zero-order chi connectivity index (χ0) is 14.4. The van der Waals surface area contributed by atoms with E-state index in [2.05, 4.69) is 5.32 Å². The van der Waals surface area contributed by atoms with Crippen molar-refractivity contribution < 1.29 is 9.59 Å². The van der Waals surface area contributed by atoms with E-state index in [1.807, 2.05) is 38.3 Å². The lowest BCUT2D eigenvalue weighted by Gasteiger charge is -2.17. The van der Waals surface area contributed by atoms with Crippen LogP contribution in [0.3, 0.4) is 0 Å². The van der Waals surface area contributed by atoms with Gasteiger partial charge < -0.3 is 10.2 Å². The van der Waals surface area contributed by atoms with Crippen LogP contribution in [0, 0.1) is 13.8 Å². The molecule has 0 bridgehead atoms. The molecule has 19 heavy (non-hydrogen) atoms. The van der Waals surface area contributed by atoms with Crippen molar-refractivity contribution in [2.24, 2.45) is 0 Å². The number of para-hydroxylation sites is 1. The van der Waals surface area contributed by atoms with Crippen molar-refractivity contribution in [2.45, 2.75) is 13.8 Å². The Hall–Kier alpha value is -1.49. The van der Waals surface area contributed by atoms with E-state index < -0.39 is 0 Å². The molecule has 0 aliphatic rings. The zero-order valence-corrected chi connectivity index (χ0v) is 12.6. The fraction of sp³-hybridized carbons (Fsp3) is 0.429. The number of benzene rings is 1. The monoisotopic (exact) mass is 280 g/mol. The number of aryl methyl sites for hydroxylation is 2. The van der Waals surface area contributed by atoms with E-state index in [0.29, 0.717) is 5.75 Å². The van der Waals surface area contributed by atoms with Crippen molar-refractivity contribution in [3.8, 4) is 0 Å². The first-order valence-corrected chi connectivity index (χ1v) is 7.44. The number of nitrogens with one attached hydrogen (secondary N) is 1. The van der Waals surface area contributed by atoms with Crippen LogP contribution in [-0.2, 0) is 9.59 Å². The molecule has 1 aromatic rings. The lowest BCUT2D eigenvalue weighted by Crippen LogP contribution is -2.36. The molecule has 0 saturated heterocycles. The van der Waals surface area contributed by atoms with Gasteiger partial charge in [0.15, 0.2) is 0 Å². The van der Waals surface area contributed by atoms with Gasteiger partial charge in [-0.2, -0.15) is 11.8 Å². The minimum Gasteiger partial charge on any atom is -0.336 e. The third-order valence-electron chi connectivity index (χ3n) is 2.82. The average molecular weight is 280 g/mol. The Bertz CT molecular complexity index is 454. The van der Waals surface area contributed by atoms with Crippen LogP contribution < -0.4 is 5.32 Å². The highest BCUT2D eigenvalue weighted by Crippen LogP contribution is 2.19. The smallest absolute Gasteiger partial charge is 0.243 e. The van der Waals surface area contributed by atoms with E-state index >= 15 is 0 Å².